The van der Waals surface area contributed by atoms with Gasteiger partial charge in [0.25, 0.3) is 5.91 Å². The van der Waals surface area contributed by atoms with Gasteiger partial charge in [0, 0.05) is 17.2 Å². The van der Waals surface area contributed by atoms with Crippen molar-refractivity contribution in [1.82, 2.24) is 15.0 Å². The Bertz CT molecular complexity index is 1120. The third-order valence-corrected chi connectivity index (χ3v) is 4.29. The first-order chi connectivity index (χ1) is 14.6. The summed E-state index contributed by atoms with van der Waals surface area (Å²) in [4.78, 5) is 24.6. The van der Waals surface area contributed by atoms with Crippen molar-refractivity contribution < 1.29 is 14.6 Å². The van der Waals surface area contributed by atoms with Crippen molar-refractivity contribution >= 4 is 5.91 Å². The zero-order chi connectivity index (χ0) is 20.9. The summed E-state index contributed by atoms with van der Waals surface area (Å²) in [5.41, 5.74) is 7.17. The summed E-state index contributed by atoms with van der Waals surface area (Å²) < 4.78 is 5.24. The molecule has 1 amide bonds. The maximum atomic E-state index is 10.9. The molecule has 0 atom stereocenters. The van der Waals surface area contributed by atoms with Crippen LogP contribution < -0.4 is 10.5 Å². The summed E-state index contributed by atoms with van der Waals surface area (Å²) in [6.45, 7) is -0.277. The van der Waals surface area contributed by atoms with E-state index in [2.05, 4.69) is 15.0 Å². The van der Waals surface area contributed by atoms with Crippen LogP contribution in [0.25, 0.3) is 34.2 Å². The Hall–Kier alpha value is -4.26. The van der Waals surface area contributed by atoms with Crippen molar-refractivity contribution in [3.63, 3.8) is 0 Å². The zero-order valence-corrected chi connectivity index (χ0v) is 15.9. The molecule has 0 unspecified atom stereocenters. The van der Waals surface area contributed by atoms with Crippen molar-refractivity contribution in [3.05, 3.63) is 78.9 Å². The molecule has 0 saturated heterocycles. The van der Waals surface area contributed by atoms with E-state index in [1.54, 1.807) is 12.1 Å². The third kappa shape index (κ3) is 4.25. The van der Waals surface area contributed by atoms with E-state index in [0.29, 0.717) is 28.8 Å². The van der Waals surface area contributed by atoms with E-state index in [4.69, 9.17) is 10.5 Å². The maximum absolute atomic E-state index is 10.9. The van der Waals surface area contributed by atoms with Gasteiger partial charge < -0.3 is 15.6 Å². The van der Waals surface area contributed by atoms with Gasteiger partial charge in [0.1, 0.15) is 11.5 Å². The van der Waals surface area contributed by atoms with E-state index >= 15 is 0 Å². The van der Waals surface area contributed by atoms with Crippen LogP contribution in [0.3, 0.4) is 0 Å². The van der Waals surface area contributed by atoms with E-state index in [1.807, 2.05) is 60.7 Å². The normalized spacial score (nSPS) is 10.5. The second-order valence-corrected chi connectivity index (χ2v) is 6.47. The van der Waals surface area contributed by atoms with Gasteiger partial charge in [-0.1, -0.05) is 60.7 Å². The molecule has 4 rings (SSSR count). The summed E-state index contributed by atoms with van der Waals surface area (Å²) in [6.07, 6.45) is 0. The third-order valence-electron chi connectivity index (χ3n) is 4.29. The molecule has 30 heavy (non-hydrogen) atoms. The minimum Gasteiger partial charge on any atom is -0.507 e. The van der Waals surface area contributed by atoms with Gasteiger partial charge in [-0.05, 0) is 12.1 Å². The standard InChI is InChI=1S/C23H18N4O3/c24-20(29)14-30-17-11-12-18(19(28)13-17)23-26-21(15-7-3-1-4-8-15)25-22(27-23)16-9-5-2-6-10-16/h1-13,28H,14H2,(H2,24,29). The summed E-state index contributed by atoms with van der Waals surface area (Å²) in [7, 11) is 0. The Morgan fingerprint density at radius 1 is 0.800 bits per heavy atom. The molecule has 3 N–H and O–H groups in total. The maximum Gasteiger partial charge on any atom is 0.255 e. The van der Waals surface area contributed by atoms with Gasteiger partial charge in [-0.3, -0.25) is 4.79 Å². The average molecular weight is 398 g/mol. The number of benzene rings is 3. The van der Waals surface area contributed by atoms with Gasteiger partial charge in [-0.25, -0.2) is 15.0 Å². The number of ether oxygens (including phenoxy) is 1. The molecule has 1 heterocycles. The highest BCUT2D eigenvalue weighted by atomic mass is 16.5. The van der Waals surface area contributed by atoms with E-state index < -0.39 is 5.91 Å². The highest BCUT2D eigenvalue weighted by Crippen LogP contribution is 2.32. The number of carbonyl (C=O) groups excluding carboxylic acids is 1. The van der Waals surface area contributed by atoms with Gasteiger partial charge in [0.15, 0.2) is 24.1 Å². The molecule has 0 aliphatic rings. The number of hydrogen-bond acceptors (Lipinski definition) is 6. The van der Waals surface area contributed by atoms with E-state index in [1.165, 1.54) is 6.07 Å². The smallest absolute Gasteiger partial charge is 0.255 e. The lowest BCUT2D eigenvalue weighted by Gasteiger charge is -2.10. The fraction of sp³-hybridized carbons (Fsp3) is 0.0435. The van der Waals surface area contributed by atoms with Crippen molar-refractivity contribution in [3.8, 4) is 45.7 Å². The Morgan fingerprint density at radius 3 is 1.83 bits per heavy atom. The van der Waals surface area contributed by atoms with Gasteiger partial charge in [-0.15, -0.1) is 0 Å². The van der Waals surface area contributed by atoms with Gasteiger partial charge >= 0.3 is 0 Å². The molecule has 1 aromatic heterocycles. The predicted molar refractivity (Wildman–Crippen MR) is 112 cm³/mol. The molecule has 148 valence electrons. The largest absolute Gasteiger partial charge is 0.507 e. The number of nitrogens with two attached hydrogens (primary N) is 1. The summed E-state index contributed by atoms with van der Waals surface area (Å²) >= 11 is 0. The fourth-order valence-electron chi connectivity index (χ4n) is 2.87. The highest BCUT2D eigenvalue weighted by molar-refractivity contribution is 5.75. The van der Waals surface area contributed by atoms with Crippen LogP contribution in [-0.2, 0) is 4.79 Å². The number of aromatic nitrogens is 3. The number of primary amides is 1. The quantitative estimate of drug-likeness (QED) is 0.515. The van der Waals surface area contributed by atoms with E-state index in [-0.39, 0.29) is 12.4 Å². The number of rotatable bonds is 6. The van der Waals surface area contributed by atoms with Crippen LogP contribution in [0.4, 0.5) is 0 Å². The van der Waals surface area contributed by atoms with E-state index in [0.717, 1.165) is 11.1 Å². The minimum atomic E-state index is -0.601. The summed E-state index contributed by atoms with van der Waals surface area (Å²) in [6, 6.07) is 23.7. The van der Waals surface area contributed by atoms with Crippen LogP contribution in [0.1, 0.15) is 0 Å². The predicted octanol–water partition coefficient (Wildman–Crippen LogP) is 3.44. The molecule has 0 fully saturated rings. The lowest BCUT2D eigenvalue weighted by atomic mass is 10.1. The zero-order valence-electron chi connectivity index (χ0n) is 15.9. The lowest BCUT2D eigenvalue weighted by Crippen LogP contribution is -2.19. The Kier molecular flexibility index (Phi) is 5.34. The Labute approximate surface area is 172 Å². The Balaban J connectivity index is 1.80. The topological polar surface area (TPSA) is 111 Å². The molecule has 0 aliphatic carbocycles. The molecule has 0 saturated carbocycles. The number of amides is 1. The van der Waals surface area contributed by atoms with Gasteiger partial charge in [0.05, 0.1) is 5.56 Å². The fourth-order valence-corrected chi connectivity index (χ4v) is 2.87. The molecular formula is C23H18N4O3. The molecule has 4 aromatic rings. The van der Waals surface area contributed by atoms with Crippen molar-refractivity contribution in [2.24, 2.45) is 5.73 Å². The second-order valence-electron chi connectivity index (χ2n) is 6.47. The molecule has 0 bridgehead atoms. The molecule has 0 spiro atoms. The van der Waals surface area contributed by atoms with Gasteiger partial charge in [0.2, 0.25) is 0 Å². The first-order valence-corrected chi connectivity index (χ1v) is 9.21. The number of carbonyl (C=O) groups is 1. The van der Waals surface area contributed by atoms with Crippen LogP contribution in [0.2, 0.25) is 0 Å². The number of phenols is 1. The van der Waals surface area contributed by atoms with Crippen molar-refractivity contribution in [2.75, 3.05) is 6.61 Å². The van der Waals surface area contributed by atoms with Crippen LogP contribution in [0.15, 0.2) is 78.9 Å². The van der Waals surface area contributed by atoms with Crippen LogP contribution in [0, 0.1) is 0 Å². The first kappa shape index (κ1) is 19.1. The lowest BCUT2D eigenvalue weighted by molar-refractivity contribution is -0.119. The van der Waals surface area contributed by atoms with Crippen molar-refractivity contribution in [1.29, 1.82) is 0 Å². The average Bonchev–Trinajstić information content (AvgIpc) is 2.78. The summed E-state index contributed by atoms with van der Waals surface area (Å²) in [5.74, 6) is 0.940. The first-order valence-electron chi connectivity index (χ1n) is 9.21. The Morgan fingerprint density at radius 2 is 1.33 bits per heavy atom. The van der Waals surface area contributed by atoms with Gasteiger partial charge in [-0.2, -0.15) is 0 Å². The highest BCUT2D eigenvalue weighted by Gasteiger charge is 2.15. The number of aromatic hydroxyl groups is 1. The van der Waals surface area contributed by atoms with Crippen molar-refractivity contribution in [2.45, 2.75) is 0 Å². The molecule has 7 nitrogen and oxygen atoms in total. The number of hydrogen-bond donors (Lipinski definition) is 2. The molecule has 3 aromatic carbocycles. The molecule has 7 heteroatoms. The van der Waals surface area contributed by atoms with E-state index in [9.17, 15) is 9.90 Å². The molecule has 0 radical (unpaired) electrons. The minimum absolute atomic E-state index is 0.0822. The monoisotopic (exact) mass is 398 g/mol. The number of nitrogens with zero attached hydrogens (tertiary/aromatic N) is 3. The SMILES string of the molecule is NC(=O)COc1ccc(-c2nc(-c3ccccc3)nc(-c3ccccc3)n2)c(O)c1. The number of phenolic OH excluding ortho intramolecular Hbond substituents is 1. The van der Waals surface area contributed by atoms with Crippen LogP contribution in [0.5, 0.6) is 11.5 Å². The van der Waals surface area contributed by atoms with Crippen LogP contribution >= 0.6 is 0 Å². The second kappa shape index (κ2) is 8.40. The van der Waals surface area contributed by atoms with Crippen LogP contribution in [-0.4, -0.2) is 32.6 Å². The summed E-state index contributed by atoms with van der Waals surface area (Å²) in [5, 5.41) is 10.5. The molecule has 0 aliphatic heterocycles. The molecular weight excluding hydrogens is 380 g/mol.